The number of nitrogens with one attached hydrogen (secondary N) is 1. The zero-order valence-electron chi connectivity index (χ0n) is 21.9. The Morgan fingerprint density at radius 2 is 1.84 bits per heavy atom. The summed E-state index contributed by atoms with van der Waals surface area (Å²) in [6.45, 7) is 9.68. The van der Waals surface area contributed by atoms with E-state index in [1.54, 1.807) is 12.1 Å². The molecule has 0 bridgehead atoms. The number of carboxylic acids is 1. The highest BCUT2D eigenvalue weighted by Gasteiger charge is 2.29. The summed E-state index contributed by atoms with van der Waals surface area (Å²) in [5.41, 5.74) is 5.43. The Kier molecular flexibility index (Phi) is 7.86. The predicted octanol–water partition coefficient (Wildman–Crippen LogP) is 7.05. The van der Waals surface area contributed by atoms with Crippen LogP contribution in [0.3, 0.4) is 0 Å². The number of hydrogen-bond donors (Lipinski definition) is 2. The first-order chi connectivity index (χ1) is 17.6. The summed E-state index contributed by atoms with van der Waals surface area (Å²) in [7, 11) is 0. The van der Waals surface area contributed by atoms with Crippen LogP contribution in [-0.4, -0.2) is 22.7 Å². The van der Waals surface area contributed by atoms with Crippen molar-refractivity contribution in [2.75, 3.05) is 10.2 Å². The van der Waals surface area contributed by atoms with Gasteiger partial charge in [-0.1, -0.05) is 48.6 Å². The standard InChI is InChI=1S/C31H35FN2O3/c1-21(2)37-29-17-22(19-33-26-13-11-23(27(32)18-26)12-14-30(35)36)9-10-25(29)20-34-28-8-6-5-7-24(28)15-16-31(34,3)4/h5-11,13,15-18,21,33H,12,14,19-20H2,1-4H3,(H,35,36). The topological polar surface area (TPSA) is 61.8 Å². The van der Waals surface area contributed by atoms with Crippen LogP contribution in [0.1, 0.15) is 56.4 Å². The lowest BCUT2D eigenvalue weighted by Crippen LogP contribution is -2.44. The number of hydrogen-bond acceptors (Lipinski definition) is 4. The number of halogens is 1. The number of fused-ring (bicyclic) bond motifs is 1. The summed E-state index contributed by atoms with van der Waals surface area (Å²) in [6, 6.07) is 19.5. The Balaban J connectivity index is 1.52. The van der Waals surface area contributed by atoms with Gasteiger partial charge in [-0.2, -0.15) is 0 Å². The second-order valence-electron chi connectivity index (χ2n) is 10.3. The number of aliphatic carboxylic acids is 1. The lowest BCUT2D eigenvalue weighted by molar-refractivity contribution is -0.136. The molecule has 6 heteroatoms. The maximum absolute atomic E-state index is 14.4. The van der Waals surface area contributed by atoms with Crippen LogP contribution < -0.4 is 15.0 Å². The average molecular weight is 503 g/mol. The molecule has 3 aromatic carbocycles. The van der Waals surface area contributed by atoms with E-state index in [1.807, 2.05) is 13.8 Å². The number of benzene rings is 3. The molecule has 0 unspecified atom stereocenters. The van der Waals surface area contributed by atoms with Gasteiger partial charge in [-0.15, -0.1) is 0 Å². The van der Waals surface area contributed by atoms with Gasteiger partial charge in [0.15, 0.2) is 0 Å². The summed E-state index contributed by atoms with van der Waals surface area (Å²) >= 11 is 0. The molecule has 0 aromatic heterocycles. The Labute approximate surface area is 218 Å². The van der Waals surface area contributed by atoms with Gasteiger partial charge in [-0.05, 0) is 75.1 Å². The largest absolute Gasteiger partial charge is 0.491 e. The highest BCUT2D eigenvalue weighted by Crippen LogP contribution is 2.37. The quantitative estimate of drug-likeness (QED) is 0.311. The van der Waals surface area contributed by atoms with Crippen LogP contribution >= 0.6 is 0 Å². The number of nitrogens with zero attached hydrogens (tertiary/aromatic N) is 1. The number of carbonyl (C=O) groups is 1. The van der Waals surface area contributed by atoms with Gasteiger partial charge in [0.2, 0.25) is 0 Å². The number of ether oxygens (including phenoxy) is 1. The van der Waals surface area contributed by atoms with E-state index in [0.29, 0.717) is 24.3 Å². The molecule has 0 saturated carbocycles. The van der Waals surface area contributed by atoms with Crippen molar-refractivity contribution in [1.82, 2.24) is 0 Å². The van der Waals surface area contributed by atoms with E-state index in [9.17, 15) is 9.18 Å². The molecule has 0 fully saturated rings. The first kappa shape index (κ1) is 26.3. The van der Waals surface area contributed by atoms with E-state index in [0.717, 1.165) is 16.9 Å². The third kappa shape index (κ3) is 6.50. The molecule has 1 heterocycles. The van der Waals surface area contributed by atoms with Gasteiger partial charge in [0.25, 0.3) is 0 Å². The molecule has 194 valence electrons. The Morgan fingerprint density at radius 3 is 2.57 bits per heavy atom. The fourth-order valence-electron chi connectivity index (χ4n) is 4.54. The van der Waals surface area contributed by atoms with Crippen LogP contribution in [0.25, 0.3) is 6.08 Å². The maximum atomic E-state index is 14.4. The van der Waals surface area contributed by atoms with E-state index >= 15 is 0 Å². The van der Waals surface area contributed by atoms with Crippen LogP contribution in [0, 0.1) is 5.82 Å². The molecule has 0 radical (unpaired) electrons. The summed E-state index contributed by atoms with van der Waals surface area (Å²) < 4.78 is 20.7. The zero-order chi connectivity index (χ0) is 26.6. The smallest absolute Gasteiger partial charge is 0.303 e. The van der Waals surface area contributed by atoms with E-state index in [4.69, 9.17) is 9.84 Å². The Bertz CT molecular complexity index is 1300. The lowest BCUT2D eigenvalue weighted by Gasteiger charge is -2.42. The number of aryl methyl sites for hydroxylation is 1. The first-order valence-corrected chi connectivity index (χ1v) is 12.7. The monoisotopic (exact) mass is 502 g/mol. The first-order valence-electron chi connectivity index (χ1n) is 12.7. The van der Waals surface area contributed by atoms with Crippen molar-refractivity contribution in [2.24, 2.45) is 0 Å². The van der Waals surface area contributed by atoms with E-state index in [1.165, 1.54) is 17.3 Å². The van der Waals surface area contributed by atoms with E-state index in [2.05, 4.69) is 78.7 Å². The van der Waals surface area contributed by atoms with Gasteiger partial charge in [-0.25, -0.2) is 4.39 Å². The van der Waals surface area contributed by atoms with Crippen LogP contribution in [-0.2, 0) is 24.3 Å². The van der Waals surface area contributed by atoms with Crippen molar-refractivity contribution in [2.45, 2.75) is 65.3 Å². The van der Waals surface area contributed by atoms with Crippen molar-refractivity contribution in [3.63, 3.8) is 0 Å². The lowest BCUT2D eigenvalue weighted by atomic mass is 9.92. The third-order valence-corrected chi connectivity index (χ3v) is 6.57. The summed E-state index contributed by atoms with van der Waals surface area (Å²) in [5.74, 6) is -0.495. The second kappa shape index (κ2) is 11.1. The number of carboxylic acid groups (broad SMARTS) is 1. The highest BCUT2D eigenvalue weighted by molar-refractivity contribution is 5.73. The van der Waals surface area contributed by atoms with Gasteiger partial charge < -0.3 is 20.1 Å². The molecule has 37 heavy (non-hydrogen) atoms. The molecule has 5 nitrogen and oxygen atoms in total. The van der Waals surface area contributed by atoms with Crippen LogP contribution in [0.2, 0.25) is 0 Å². The van der Waals surface area contributed by atoms with Gasteiger partial charge >= 0.3 is 5.97 Å². The molecular weight excluding hydrogens is 467 g/mol. The number of para-hydroxylation sites is 1. The molecule has 1 aliphatic heterocycles. The minimum Gasteiger partial charge on any atom is -0.491 e. The summed E-state index contributed by atoms with van der Waals surface area (Å²) in [6.07, 6.45) is 4.53. The van der Waals surface area contributed by atoms with Crippen LogP contribution in [0.4, 0.5) is 15.8 Å². The van der Waals surface area contributed by atoms with Gasteiger partial charge in [0.05, 0.1) is 11.6 Å². The molecule has 1 aliphatic rings. The Morgan fingerprint density at radius 1 is 1.08 bits per heavy atom. The van der Waals surface area contributed by atoms with E-state index in [-0.39, 0.29) is 24.5 Å². The van der Waals surface area contributed by atoms with Gasteiger partial charge in [0, 0.05) is 36.4 Å². The summed E-state index contributed by atoms with van der Waals surface area (Å²) in [4.78, 5) is 13.2. The normalized spacial score (nSPS) is 13.9. The predicted molar refractivity (Wildman–Crippen MR) is 148 cm³/mol. The number of rotatable bonds is 10. The molecule has 4 rings (SSSR count). The fraction of sp³-hybridized carbons (Fsp3) is 0.323. The molecule has 0 atom stereocenters. The zero-order valence-corrected chi connectivity index (χ0v) is 21.9. The van der Waals surface area contributed by atoms with Crippen molar-refractivity contribution in [3.05, 3.63) is 94.8 Å². The number of anilines is 2. The molecule has 0 amide bonds. The molecule has 0 spiro atoms. The second-order valence-corrected chi connectivity index (χ2v) is 10.3. The average Bonchev–Trinajstić information content (AvgIpc) is 2.84. The van der Waals surface area contributed by atoms with E-state index < -0.39 is 11.8 Å². The molecule has 0 saturated heterocycles. The Hall–Kier alpha value is -3.80. The fourth-order valence-corrected chi connectivity index (χ4v) is 4.54. The third-order valence-electron chi connectivity index (χ3n) is 6.57. The highest BCUT2D eigenvalue weighted by atomic mass is 19.1. The molecule has 3 aromatic rings. The van der Waals surface area contributed by atoms with Gasteiger partial charge in [-0.3, -0.25) is 4.79 Å². The van der Waals surface area contributed by atoms with Crippen molar-refractivity contribution < 1.29 is 19.0 Å². The SMILES string of the molecule is CC(C)Oc1cc(CNc2ccc(CCC(=O)O)c(F)c2)ccc1CN1c2ccccc2C=CC1(C)C. The van der Waals surface area contributed by atoms with Crippen molar-refractivity contribution in [1.29, 1.82) is 0 Å². The molecule has 2 N–H and O–H groups in total. The molecule has 0 aliphatic carbocycles. The van der Waals surface area contributed by atoms with Gasteiger partial charge in [0.1, 0.15) is 11.6 Å². The summed E-state index contributed by atoms with van der Waals surface area (Å²) in [5, 5.41) is 12.1. The van der Waals surface area contributed by atoms with Crippen LogP contribution in [0.15, 0.2) is 66.7 Å². The minimum absolute atomic E-state index is 0.0240. The van der Waals surface area contributed by atoms with Crippen LogP contribution in [0.5, 0.6) is 5.75 Å². The van der Waals surface area contributed by atoms with Crippen molar-refractivity contribution in [3.8, 4) is 5.75 Å². The minimum atomic E-state index is -0.936. The maximum Gasteiger partial charge on any atom is 0.303 e. The van der Waals surface area contributed by atoms with Crippen molar-refractivity contribution >= 4 is 23.4 Å². The molecular formula is C31H35FN2O3.